The average Bonchev–Trinajstić information content (AvgIpc) is 2.39. The molecule has 0 fully saturated rings. The molecule has 0 spiro atoms. The molecule has 19 heavy (non-hydrogen) atoms. The maximum atomic E-state index is 6.25. The number of ether oxygens (including phenoxy) is 1. The van der Waals surface area contributed by atoms with E-state index < -0.39 is 0 Å². The van der Waals surface area contributed by atoms with Crippen LogP contribution >= 0.6 is 11.6 Å². The first-order valence-electron chi connectivity index (χ1n) is 6.24. The Morgan fingerprint density at radius 3 is 2.68 bits per heavy atom. The molecule has 0 radical (unpaired) electrons. The molecular weight excluding hydrogens is 258 g/mol. The van der Waals surface area contributed by atoms with Crippen LogP contribution in [0.1, 0.15) is 22.7 Å². The largest absolute Gasteiger partial charge is 0.495 e. The van der Waals surface area contributed by atoms with Gasteiger partial charge in [0.25, 0.3) is 0 Å². The molecule has 2 nitrogen and oxygen atoms in total. The number of methoxy groups -OCH3 is 1. The third-order valence-electron chi connectivity index (χ3n) is 3.14. The van der Waals surface area contributed by atoms with Gasteiger partial charge in [-0.15, -0.1) is 0 Å². The van der Waals surface area contributed by atoms with Crippen LogP contribution in [0.15, 0.2) is 42.5 Å². The van der Waals surface area contributed by atoms with Crippen molar-refractivity contribution in [2.24, 2.45) is 5.73 Å². The van der Waals surface area contributed by atoms with Crippen LogP contribution < -0.4 is 10.5 Å². The summed E-state index contributed by atoms with van der Waals surface area (Å²) in [6.07, 6.45) is 0.798. The molecule has 0 bridgehead atoms. The molecule has 1 unspecified atom stereocenters. The maximum Gasteiger partial charge on any atom is 0.137 e. The van der Waals surface area contributed by atoms with Gasteiger partial charge in [0, 0.05) is 6.04 Å². The van der Waals surface area contributed by atoms with Gasteiger partial charge in [-0.05, 0) is 36.6 Å². The molecular formula is C16H18ClNO. The van der Waals surface area contributed by atoms with Gasteiger partial charge >= 0.3 is 0 Å². The Kier molecular flexibility index (Phi) is 4.46. The highest BCUT2D eigenvalue weighted by Gasteiger charge is 2.10. The fourth-order valence-corrected chi connectivity index (χ4v) is 2.31. The SMILES string of the molecule is COc1cc(C(N)Cc2cccc(C)c2)ccc1Cl. The maximum absolute atomic E-state index is 6.25. The van der Waals surface area contributed by atoms with E-state index in [2.05, 4.69) is 31.2 Å². The Bertz CT molecular complexity index is 568. The fourth-order valence-electron chi connectivity index (χ4n) is 2.12. The van der Waals surface area contributed by atoms with Gasteiger partial charge in [-0.2, -0.15) is 0 Å². The Labute approximate surface area is 119 Å². The second kappa shape index (κ2) is 6.09. The highest BCUT2D eigenvalue weighted by atomic mass is 35.5. The normalized spacial score (nSPS) is 12.2. The second-order valence-electron chi connectivity index (χ2n) is 4.69. The van der Waals surface area contributed by atoms with Crippen molar-refractivity contribution in [3.8, 4) is 5.75 Å². The highest BCUT2D eigenvalue weighted by molar-refractivity contribution is 6.32. The van der Waals surface area contributed by atoms with Crippen molar-refractivity contribution in [2.75, 3.05) is 7.11 Å². The van der Waals surface area contributed by atoms with Gasteiger partial charge in [0.05, 0.1) is 12.1 Å². The van der Waals surface area contributed by atoms with Gasteiger partial charge in [0.2, 0.25) is 0 Å². The van der Waals surface area contributed by atoms with E-state index in [0.717, 1.165) is 12.0 Å². The van der Waals surface area contributed by atoms with Crippen molar-refractivity contribution >= 4 is 11.6 Å². The van der Waals surface area contributed by atoms with Crippen LogP contribution in [0.2, 0.25) is 5.02 Å². The predicted molar refractivity (Wildman–Crippen MR) is 79.8 cm³/mol. The Hall–Kier alpha value is -1.51. The summed E-state index contributed by atoms with van der Waals surface area (Å²) in [6, 6.07) is 14.0. The number of rotatable bonds is 4. The molecule has 0 saturated carbocycles. The minimum atomic E-state index is -0.0621. The molecule has 0 aliphatic heterocycles. The standard InChI is InChI=1S/C16H18ClNO/c1-11-4-3-5-12(8-11)9-15(18)13-6-7-14(17)16(10-13)19-2/h3-8,10,15H,9,18H2,1-2H3. The molecule has 0 heterocycles. The monoisotopic (exact) mass is 275 g/mol. The van der Waals surface area contributed by atoms with E-state index in [9.17, 15) is 0 Å². The molecule has 0 amide bonds. The summed E-state index contributed by atoms with van der Waals surface area (Å²) in [5, 5.41) is 0.606. The van der Waals surface area contributed by atoms with Crippen molar-refractivity contribution in [3.05, 3.63) is 64.2 Å². The lowest BCUT2D eigenvalue weighted by molar-refractivity contribution is 0.414. The van der Waals surface area contributed by atoms with Gasteiger partial charge < -0.3 is 10.5 Å². The molecule has 100 valence electrons. The lowest BCUT2D eigenvalue weighted by atomic mass is 9.98. The molecule has 2 rings (SSSR count). The van der Waals surface area contributed by atoms with Crippen LogP contribution in [0.25, 0.3) is 0 Å². The van der Waals surface area contributed by atoms with Gasteiger partial charge in [-0.25, -0.2) is 0 Å². The number of hydrogen-bond donors (Lipinski definition) is 1. The lowest BCUT2D eigenvalue weighted by Crippen LogP contribution is -2.13. The molecule has 0 aliphatic rings. The first kappa shape index (κ1) is 13.9. The lowest BCUT2D eigenvalue weighted by Gasteiger charge is -2.14. The molecule has 2 aromatic rings. The quantitative estimate of drug-likeness (QED) is 0.918. The van der Waals surface area contributed by atoms with E-state index in [4.69, 9.17) is 22.1 Å². The summed E-state index contributed by atoms with van der Waals surface area (Å²) < 4.78 is 5.22. The Balaban J connectivity index is 2.18. The zero-order valence-electron chi connectivity index (χ0n) is 11.2. The van der Waals surface area contributed by atoms with Crippen molar-refractivity contribution < 1.29 is 4.74 Å². The van der Waals surface area contributed by atoms with Crippen molar-refractivity contribution in [1.82, 2.24) is 0 Å². The molecule has 0 saturated heterocycles. The van der Waals surface area contributed by atoms with Crippen LogP contribution in [0.5, 0.6) is 5.75 Å². The minimum Gasteiger partial charge on any atom is -0.495 e. The molecule has 0 aliphatic carbocycles. The predicted octanol–water partition coefficient (Wildman–Crippen LogP) is 3.90. The van der Waals surface area contributed by atoms with Gasteiger partial charge in [0.15, 0.2) is 0 Å². The molecule has 0 aromatic heterocycles. The zero-order valence-corrected chi connectivity index (χ0v) is 11.9. The van der Waals surface area contributed by atoms with Crippen LogP contribution in [0, 0.1) is 6.92 Å². The molecule has 3 heteroatoms. The molecule has 1 atom stereocenters. The summed E-state index contributed by atoms with van der Waals surface area (Å²) in [4.78, 5) is 0. The summed E-state index contributed by atoms with van der Waals surface area (Å²) in [7, 11) is 1.61. The summed E-state index contributed by atoms with van der Waals surface area (Å²) in [5.41, 5.74) is 9.77. The number of hydrogen-bond acceptors (Lipinski definition) is 2. The van der Waals surface area contributed by atoms with Crippen LogP contribution in [0.4, 0.5) is 0 Å². The van der Waals surface area contributed by atoms with Crippen molar-refractivity contribution in [3.63, 3.8) is 0 Å². The third-order valence-corrected chi connectivity index (χ3v) is 3.45. The first-order chi connectivity index (χ1) is 9.10. The Morgan fingerprint density at radius 1 is 1.21 bits per heavy atom. The number of nitrogens with two attached hydrogens (primary N) is 1. The number of benzene rings is 2. The van der Waals surface area contributed by atoms with Gasteiger partial charge in [0.1, 0.15) is 5.75 Å². The highest BCUT2D eigenvalue weighted by Crippen LogP contribution is 2.28. The van der Waals surface area contributed by atoms with Crippen LogP contribution in [-0.4, -0.2) is 7.11 Å². The van der Waals surface area contributed by atoms with Crippen LogP contribution in [0.3, 0.4) is 0 Å². The zero-order chi connectivity index (χ0) is 13.8. The van der Waals surface area contributed by atoms with Crippen molar-refractivity contribution in [1.29, 1.82) is 0 Å². The summed E-state index contributed by atoms with van der Waals surface area (Å²) >= 11 is 6.02. The van der Waals surface area contributed by atoms with Gasteiger partial charge in [-0.3, -0.25) is 0 Å². The third kappa shape index (κ3) is 3.49. The van der Waals surface area contributed by atoms with E-state index in [-0.39, 0.29) is 6.04 Å². The van der Waals surface area contributed by atoms with E-state index in [1.54, 1.807) is 7.11 Å². The number of halogens is 1. The molecule has 2 N–H and O–H groups in total. The van der Waals surface area contributed by atoms with Crippen LogP contribution in [-0.2, 0) is 6.42 Å². The topological polar surface area (TPSA) is 35.2 Å². The average molecular weight is 276 g/mol. The first-order valence-corrected chi connectivity index (χ1v) is 6.62. The number of aryl methyl sites for hydroxylation is 1. The summed E-state index contributed by atoms with van der Waals surface area (Å²) in [5.74, 6) is 0.666. The molecule has 2 aromatic carbocycles. The van der Waals surface area contributed by atoms with Crippen molar-refractivity contribution in [2.45, 2.75) is 19.4 Å². The van der Waals surface area contributed by atoms with E-state index in [1.807, 2.05) is 18.2 Å². The van der Waals surface area contributed by atoms with E-state index in [1.165, 1.54) is 11.1 Å². The second-order valence-corrected chi connectivity index (χ2v) is 5.10. The van der Waals surface area contributed by atoms with E-state index in [0.29, 0.717) is 10.8 Å². The summed E-state index contributed by atoms with van der Waals surface area (Å²) in [6.45, 7) is 2.08. The minimum absolute atomic E-state index is 0.0621. The Morgan fingerprint density at radius 2 is 2.00 bits per heavy atom. The fraction of sp³-hybridized carbons (Fsp3) is 0.250. The smallest absolute Gasteiger partial charge is 0.137 e. The van der Waals surface area contributed by atoms with E-state index >= 15 is 0 Å². The van der Waals surface area contributed by atoms with Gasteiger partial charge in [-0.1, -0.05) is 47.5 Å².